The molecule has 0 fully saturated rings. The monoisotopic (exact) mass is 796 g/mol. The molecule has 6 heteroatoms. The summed E-state index contributed by atoms with van der Waals surface area (Å²) < 4.78 is 17.3. The summed E-state index contributed by atoms with van der Waals surface area (Å²) in [4.78, 5) is 5.65. The molecular weight excluding hydrogens is 761 g/mol. The van der Waals surface area contributed by atoms with Gasteiger partial charge >= 0.3 is 0 Å². The average Bonchev–Trinajstić information content (AvgIpc) is 3.90. The van der Waals surface area contributed by atoms with Crippen LogP contribution in [0.2, 0.25) is 0 Å². The Labute approximate surface area is 356 Å². The highest BCUT2D eigenvalue weighted by molar-refractivity contribution is 6.21. The van der Waals surface area contributed by atoms with Gasteiger partial charge in [0, 0.05) is 27.1 Å². The molecule has 1 atom stereocenters. The second-order valence-electron chi connectivity index (χ2n) is 15.9. The number of hydrogen-bond acceptors (Lipinski definition) is 4. The van der Waals surface area contributed by atoms with Gasteiger partial charge in [-0.2, -0.15) is 0 Å². The van der Waals surface area contributed by atoms with Crippen LogP contribution in [0.15, 0.2) is 211 Å². The highest BCUT2D eigenvalue weighted by Gasteiger charge is 2.26. The summed E-state index contributed by atoms with van der Waals surface area (Å²) in [6, 6.07) is 72.6. The number of aromatic nitrogens is 2. The average molecular weight is 797 g/mol. The second-order valence-corrected chi connectivity index (χ2v) is 15.9. The molecule has 6 nitrogen and oxygen atoms in total. The lowest BCUT2D eigenvalue weighted by molar-refractivity contribution is 0.360. The maximum absolute atomic E-state index is 6.34. The first kappa shape index (κ1) is 34.5. The van der Waals surface area contributed by atoms with E-state index in [1.165, 1.54) is 16.2 Å². The quantitative estimate of drug-likeness (QED) is 0.189. The van der Waals surface area contributed by atoms with Crippen molar-refractivity contribution in [3.8, 4) is 51.1 Å². The summed E-state index contributed by atoms with van der Waals surface area (Å²) in [5.41, 5.74) is 10.9. The smallest absolute Gasteiger partial charge is 0.201 e. The predicted octanol–water partition coefficient (Wildman–Crippen LogP) is 12.7. The molecule has 1 unspecified atom stereocenters. The Kier molecular flexibility index (Phi) is 7.57. The second kappa shape index (κ2) is 13.6. The Morgan fingerprint density at radius 3 is 1.89 bits per heavy atom. The molecule has 0 saturated carbocycles. The van der Waals surface area contributed by atoms with Gasteiger partial charge in [-0.3, -0.25) is 0 Å². The van der Waals surface area contributed by atoms with Gasteiger partial charge in [0.15, 0.2) is 23.0 Å². The number of benzene rings is 9. The van der Waals surface area contributed by atoms with Gasteiger partial charge in [0.25, 0.3) is 0 Å². The molecule has 0 bridgehead atoms. The SMILES string of the molecule is c1ccc(C2=c3c(ccc4cc(-c5ccccc5)n(-c5ccccc5)c34)=NC(n3c4ccc(-c5ccc6c(c5)Oc5ccccc5O6)cc4c4c5ccccc5ccc43)N2)cc1. The zero-order chi connectivity index (χ0) is 40.7. The molecule has 0 amide bonds. The van der Waals surface area contributed by atoms with E-state index in [1.807, 2.05) is 30.3 Å². The van der Waals surface area contributed by atoms with Gasteiger partial charge < -0.3 is 23.9 Å². The molecular formula is C56H36N4O2. The lowest BCUT2D eigenvalue weighted by Gasteiger charge is -2.26. The third-order valence-electron chi connectivity index (χ3n) is 12.4. The number of fused-ring (bicyclic) bond motifs is 10. The van der Waals surface area contributed by atoms with Crippen LogP contribution < -0.4 is 25.4 Å². The van der Waals surface area contributed by atoms with Crippen LogP contribution in [0, 0.1) is 0 Å². The molecule has 292 valence electrons. The number of nitrogens with one attached hydrogen (secondary N) is 1. The van der Waals surface area contributed by atoms with Crippen molar-refractivity contribution in [3.63, 3.8) is 0 Å². The van der Waals surface area contributed by atoms with Gasteiger partial charge in [-0.25, -0.2) is 4.99 Å². The molecule has 9 aromatic carbocycles. The number of hydrogen-bond donors (Lipinski definition) is 1. The van der Waals surface area contributed by atoms with Crippen molar-refractivity contribution in [1.82, 2.24) is 14.5 Å². The minimum absolute atomic E-state index is 0.453. The number of nitrogens with zero attached hydrogens (tertiary/aromatic N) is 3. The van der Waals surface area contributed by atoms with Crippen LogP contribution in [-0.2, 0) is 0 Å². The molecule has 2 aromatic heterocycles. The minimum Gasteiger partial charge on any atom is -0.450 e. The lowest BCUT2D eigenvalue weighted by atomic mass is 10.00. The van der Waals surface area contributed by atoms with Crippen LogP contribution >= 0.6 is 0 Å². The third kappa shape index (κ3) is 5.33. The van der Waals surface area contributed by atoms with Gasteiger partial charge in [-0.15, -0.1) is 0 Å². The topological polar surface area (TPSA) is 52.7 Å². The van der Waals surface area contributed by atoms with Crippen molar-refractivity contribution in [2.24, 2.45) is 4.99 Å². The molecule has 0 radical (unpaired) electrons. The minimum atomic E-state index is -0.453. The van der Waals surface area contributed by atoms with E-state index in [0.717, 1.165) is 83.0 Å². The zero-order valence-electron chi connectivity index (χ0n) is 33.4. The van der Waals surface area contributed by atoms with Gasteiger partial charge in [0.05, 0.1) is 33.3 Å². The molecule has 13 rings (SSSR count). The van der Waals surface area contributed by atoms with E-state index in [9.17, 15) is 0 Å². The largest absolute Gasteiger partial charge is 0.450 e. The lowest BCUT2D eigenvalue weighted by Crippen LogP contribution is -2.42. The molecule has 1 N–H and O–H groups in total. The molecule has 4 heterocycles. The molecule has 0 spiro atoms. The predicted molar refractivity (Wildman–Crippen MR) is 250 cm³/mol. The maximum Gasteiger partial charge on any atom is 0.201 e. The van der Waals surface area contributed by atoms with Crippen molar-refractivity contribution in [2.45, 2.75) is 6.29 Å². The van der Waals surface area contributed by atoms with Crippen LogP contribution in [0.25, 0.3) is 77.2 Å². The van der Waals surface area contributed by atoms with E-state index in [2.05, 4.69) is 190 Å². The zero-order valence-corrected chi connectivity index (χ0v) is 33.4. The summed E-state index contributed by atoms with van der Waals surface area (Å²) in [6.45, 7) is 0. The van der Waals surface area contributed by atoms with Gasteiger partial charge in [-0.05, 0) is 99.8 Å². The summed E-state index contributed by atoms with van der Waals surface area (Å²) >= 11 is 0. The first-order chi connectivity index (χ1) is 30.7. The van der Waals surface area contributed by atoms with Crippen LogP contribution in [0.1, 0.15) is 11.9 Å². The van der Waals surface area contributed by atoms with Crippen molar-refractivity contribution < 1.29 is 9.47 Å². The fourth-order valence-corrected chi connectivity index (χ4v) is 9.60. The van der Waals surface area contributed by atoms with Crippen LogP contribution in [-0.4, -0.2) is 9.13 Å². The van der Waals surface area contributed by atoms with Gasteiger partial charge in [0.2, 0.25) is 6.29 Å². The molecule has 0 saturated heterocycles. The Morgan fingerprint density at radius 2 is 1.08 bits per heavy atom. The van der Waals surface area contributed by atoms with Crippen molar-refractivity contribution in [3.05, 3.63) is 222 Å². The van der Waals surface area contributed by atoms with Crippen LogP contribution in [0.4, 0.5) is 0 Å². The first-order valence-corrected chi connectivity index (χ1v) is 21.0. The summed E-state index contributed by atoms with van der Waals surface area (Å²) in [5, 5.41) is 11.9. The fourth-order valence-electron chi connectivity index (χ4n) is 9.60. The summed E-state index contributed by atoms with van der Waals surface area (Å²) in [5.74, 6) is 2.84. The molecule has 2 aliphatic heterocycles. The van der Waals surface area contributed by atoms with Gasteiger partial charge in [-0.1, -0.05) is 140 Å². The highest BCUT2D eigenvalue weighted by Crippen LogP contribution is 2.47. The first-order valence-electron chi connectivity index (χ1n) is 21.0. The normalized spacial score (nSPS) is 14.1. The summed E-state index contributed by atoms with van der Waals surface area (Å²) in [7, 11) is 0. The molecule has 0 aliphatic carbocycles. The van der Waals surface area contributed by atoms with Crippen LogP contribution in [0.5, 0.6) is 23.0 Å². The van der Waals surface area contributed by atoms with E-state index >= 15 is 0 Å². The van der Waals surface area contributed by atoms with E-state index in [4.69, 9.17) is 14.5 Å². The van der Waals surface area contributed by atoms with E-state index in [0.29, 0.717) is 17.2 Å². The van der Waals surface area contributed by atoms with E-state index in [-0.39, 0.29) is 0 Å². The Balaban J connectivity index is 1.05. The maximum atomic E-state index is 6.34. The molecule has 62 heavy (non-hydrogen) atoms. The highest BCUT2D eigenvalue weighted by atomic mass is 16.6. The standard InChI is InChI=1S/C56H36N4O2/c1-4-15-36(16-5-1)47-33-40-24-28-44-53(55(40)59(47)41-19-8-3-9-20-41)54(37-17-6-2-7-18-37)58-56(57-44)60-45-29-26-38(32-43(45)52-42-21-11-10-14-35(42)25-30-46(52)60)39-27-31-50-51(34-39)62-49-23-13-12-22-48(49)61-50/h1-34,56,58H. The number of para-hydroxylation sites is 3. The van der Waals surface area contributed by atoms with Crippen molar-refractivity contribution in [1.29, 1.82) is 0 Å². The van der Waals surface area contributed by atoms with Crippen LogP contribution in [0.3, 0.4) is 0 Å². The Hall–Kier alpha value is -8.35. The Bertz CT molecular complexity index is 3720. The van der Waals surface area contributed by atoms with Crippen molar-refractivity contribution >= 4 is 49.2 Å². The van der Waals surface area contributed by atoms with E-state index < -0.39 is 6.29 Å². The third-order valence-corrected chi connectivity index (χ3v) is 12.4. The van der Waals surface area contributed by atoms with E-state index in [1.54, 1.807) is 0 Å². The number of ether oxygens (including phenoxy) is 2. The van der Waals surface area contributed by atoms with Crippen molar-refractivity contribution in [2.75, 3.05) is 0 Å². The molecule has 2 aliphatic rings. The summed E-state index contributed by atoms with van der Waals surface area (Å²) in [6.07, 6.45) is -0.453. The van der Waals surface area contributed by atoms with Gasteiger partial charge in [0.1, 0.15) is 0 Å². The number of rotatable bonds is 5. The Morgan fingerprint density at radius 1 is 0.452 bits per heavy atom. The molecule has 11 aromatic rings. The fraction of sp³-hybridized carbons (Fsp3) is 0.0179.